The number of halogens is 2. The van der Waals surface area contributed by atoms with Gasteiger partial charge in [0.1, 0.15) is 6.04 Å². The van der Waals surface area contributed by atoms with Gasteiger partial charge in [0.15, 0.2) is 0 Å². The Morgan fingerprint density at radius 3 is 2.47 bits per heavy atom. The van der Waals surface area contributed by atoms with Crippen molar-refractivity contribution < 1.29 is 18.0 Å². The first kappa shape index (κ1) is 28.1. The summed E-state index contributed by atoms with van der Waals surface area (Å²) in [7, 11) is -3.59. The standard InChI is InChI=1S/C24H31BrClN3O4S/c1-5-27-24(31)18(3)28(16-19-9-6-10-20(25)15-19)23(30)13-8-14-29(34(4,32)33)22-12-7-11-21(26)17(22)2/h6-7,9-12,15,18H,5,8,13-14,16H2,1-4H3,(H,27,31)/t18-/m0/s1. The third-order valence-electron chi connectivity index (χ3n) is 5.42. The van der Waals surface area contributed by atoms with Gasteiger partial charge in [0.05, 0.1) is 11.9 Å². The minimum Gasteiger partial charge on any atom is -0.355 e. The second-order valence-electron chi connectivity index (χ2n) is 8.04. The maximum Gasteiger partial charge on any atom is 0.242 e. The zero-order valence-corrected chi connectivity index (χ0v) is 23.0. The third kappa shape index (κ3) is 7.71. The number of likely N-dealkylation sites (N-methyl/N-ethyl adjacent to an activating group) is 1. The van der Waals surface area contributed by atoms with E-state index in [9.17, 15) is 18.0 Å². The molecule has 0 aliphatic heterocycles. The Labute approximate surface area is 215 Å². The highest BCUT2D eigenvalue weighted by molar-refractivity contribution is 9.10. The van der Waals surface area contributed by atoms with E-state index in [0.29, 0.717) is 22.8 Å². The molecule has 1 atom stereocenters. The van der Waals surface area contributed by atoms with Gasteiger partial charge in [-0.25, -0.2) is 8.42 Å². The molecule has 0 saturated carbocycles. The molecule has 0 spiro atoms. The highest BCUT2D eigenvalue weighted by Crippen LogP contribution is 2.28. The lowest BCUT2D eigenvalue weighted by Gasteiger charge is -2.29. The topological polar surface area (TPSA) is 86.8 Å². The van der Waals surface area contributed by atoms with Crippen LogP contribution in [-0.2, 0) is 26.2 Å². The van der Waals surface area contributed by atoms with Gasteiger partial charge in [0.25, 0.3) is 0 Å². The van der Waals surface area contributed by atoms with Crippen molar-refractivity contribution in [3.8, 4) is 0 Å². The number of nitrogens with one attached hydrogen (secondary N) is 1. The molecule has 0 aliphatic rings. The zero-order chi connectivity index (χ0) is 25.5. The number of amides is 2. The second-order valence-corrected chi connectivity index (χ2v) is 11.3. The minimum atomic E-state index is -3.59. The number of sulfonamides is 1. The first-order chi connectivity index (χ1) is 16.0. The molecule has 2 aromatic carbocycles. The Kier molecular flexibility index (Phi) is 10.4. The third-order valence-corrected chi connectivity index (χ3v) is 7.50. The molecule has 0 saturated heterocycles. The Morgan fingerprint density at radius 1 is 1.18 bits per heavy atom. The van der Waals surface area contributed by atoms with Crippen molar-refractivity contribution in [1.29, 1.82) is 0 Å². The molecule has 7 nitrogen and oxygen atoms in total. The first-order valence-corrected chi connectivity index (χ1v) is 14.0. The van der Waals surface area contributed by atoms with Crippen molar-refractivity contribution >= 4 is 55.1 Å². The van der Waals surface area contributed by atoms with E-state index in [1.807, 2.05) is 31.2 Å². The van der Waals surface area contributed by atoms with Crippen LogP contribution < -0.4 is 9.62 Å². The van der Waals surface area contributed by atoms with Crippen LogP contribution in [0.3, 0.4) is 0 Å². The van der Waals surface area contributed by atoms with Crippen LogP contribution in [0, 0.1) is 6.92 Å². The van der Waals surface area contributed by atoms with Crippen LogP contribution in [0.4, 0.5) is 5.69 Å². The summed E-state index contributed by atoms with van der Waals surface area (Å²) in [5, 5.41) is 3.23. The van der Waals surface area contributed by atoms with Crippen molar-refractivity contribution in [3.05, 3.63) is 63.1 Å². The van der Waals surface area contributed by atoms with Gasteiger partial charge < -0.3 is 10.2 Å². The fourth-order valence-electron chi connectivity index (χ4n) is 3.59. The molecule has 2 aromatic rings. The van der Waals surface area contributed by atoms with Crippen molar-refractivity contribution in [2.45, 2.75) is 46.2 Å². The number of hydrogen-bond acceptors (Lipinski definition) is 4. The van der Waals surface area contributed by atoms with Gasteiger partial charge in [-0.1, -0.05) is 45.7 Å². The molecular weight excluding hydrogens is 542 g/mol. The van der Waals surface area contributed by atoms with E-state index in [1.165, 1.54) is 9.21 Å². The van der Waals surface area contributed by atoms with Crippen molar-refractivity contribution in [1.82, 2.24) is 10.2 Å². The summed E-state index contributed by atoms with van der Waals surface area (Å²) in [6, 6.07) is 12.0. The quantitative estimate of drug-likeness (QED) is 0.429. The number of rotatable bonds is 11. The predicted molar refractivity (Wildman–Crippen MR) is 140 cm³/mol. The lowest BCUT2D eigenvalue weighted by atomic mass is 10.1. The fourth-order valence-corrected chi connectivity index (χ4v) is 5.22. The van der Waals surface area contributed by atoms with E-state index < -0.39 is 16.1 Å². The van der Waals surface area contributed by atoms with E-state index in [1.54, 1.807) is 32.0 Å². The maximum absolute atomic E-state index is 13.2. The van der Waals surface area contributed by atoms with Crippen LogP contribution in [0.5, 0.6) is 0 Å². The Morgan fingerprint density at radius 2 is 1.85 bits per heavy atom. The van der Waals surface area contributed by atoms with Gasteiger partial charge in [0, 0.05) is 35.6 Å². The van der Waals surface area contributed by atoms with Crippen LogP contribution in [0.2, 0.25) is 5.02 Å². The largest absolute Gasteiger partial charge is 0.355 e. The number of hydrogen-bond donors (Lipinski definition) is 1. The Balaban J connectivity index is 2.19. The van der Waals surface area contributed by atoms with Crippen molar-refractivity contribution in [3.63, 3.8) is 0 Å². The van der Waals surface area contributed by atoms with Gasteiger partial charge in [-0.15, -0.1) is 0 Å². The number of nitrogens with zero attached hydrogens (tertiary/aromatic N) is 2. The summed E-state index contributed by atoms with van der Waals surface area (Å²) < 4.78 is 27.1. The van der Waals surface area contributed by atoms with Gasteiger partial charge in [-0.2, -0.15) is 0 Å². The number of carbonyl (C=O) groups excluding carboxylic acids is 2. The lowest BCUT2D eigenvalue weighted by molar-refractivity contribution is -0.140. The number of benzene rings is 2. The van der Waals surface area contributed by atoms with Crippen LogP contribution in [0.1, 0.15) is 37.8 Å². The van der Waals surface area contributed by atoms with Gasteiger partial charge >= 0.3 is 0 Å². The predicted octanol–water partition coefficient (Wildman–Crippen LogP) is 4.51. The molecule has 0 aromatic heterocycles. The summed E-state index contributed by atoms with van der Waals surface area (Å²) in [6.07, 6.45) is 1.50. The molecule has 34 heavy (non-hydrogen) atoms. The highest BCUT2D eigenvalue weighted by Gasteiger charge is 2.26. The first-order valence-electron chi connectivity index (χ1n) is 11.0. The molecule has 0 heterocycles. The van der Waals surface area contributed by atoms with Crippen LogP contribution in [-0.4, -0.2) is 50.5 Å². The van der Waals surface area contributed by atoms with E-state index in [2.05, 4.69) is 21.2 Å². The van der Waals surface area contributed by atoms with Gasteiger partial charge in [0.2, 0.25) is 21.8 Å². The maximum atomic E-state index is 13.2. The van der Waals surface area contributed by atoms with Crippen LogP contribution >= 0.6 is 27.5 Å². The molecule has 2 rings (SSSR count). The fraction of sp³-hybridized carbons (Fsp3) is 0.417. The lowest BCUT2D eigenvalue weighted by Crippen LogP contribution is -2.47. The number of carbonyl (C=O) groups is 2. The summed E-state index contributed by atoms with van der Waals surface area (Å²) in [5.74, 6) is -0.465. The molecule has 1 N–H and O–H groups in total. The van der Waals surface area contributed by atoms with Crippen LogP contribution in [0.15, 0.2) is 46.9 Å². The Bertz CT molecular complexity index is 1130. The normalized spacial score (nSPS) is 12.2. The van der Waals surface area contributed by atoms with E-state index in [-0.39, 0.29) is 37.7 Å². The molecular formula is C24H31BrClN3O4S. The molecule has 10 heteroatoms. The van der Waals surface area contributed by atoms with E-state index in [0.717, 1.165) is 16.3 Å². The van der Waals surface area contributed by atoms with Gasteiger partial charge in [-0.05, 0) is 62.6 Å². The zero-order valence-electron chi connectivity index (χ0n) is 19.8. The Hall–Kier alpha value is -2.10. The summed E-state index contributed by atoms with van der Waals surface area (Å²) in [4.78, 5) is 27.2. The molecule has 0 fully saturated rings. The average molecular weight is 573 g/mol. The van der Waals surface area contributed by atoms with Crippen LogP contribution in [0.25, 0.3) is 0 Å². The van der Waals surface area contributed by atoms with E-state index in [4.69, 9.17) is 11.6 Å². The molecule has 0 bridgehead atoms. The molecule has 0 unspecified atom stereocenters. The van der Waals surface area contributed by atoms with Crippen molar-refractivity contribution in [2.24, 2.45) is 0 Å². The molecule has 186 valence electrons. The average Bonchev–Trinajstić information content (AvgIpc) is 2.76. The molecule has 2 amide bonds. The monoisotopic (exact) mass is 571 g/mol. The van der Waals surface area contributed by atoms with Gasteiger partial charge in [-0.3, -0.25) is 13.9 Å². The SMILES string of the molecule is CCNC(=O)[C@H](C)N(Cc1cccc(Br)c1)C(=O)CCCN(c1cccc(Cl)c1C)S(C)(=O)=O. The van der Waals surface area contributed by atoms with E-state index >= 15 is 0 Å². The minimum absolute atomic E-state index is 0.0867. The van der Waals surface area contributed by atoms with Crippen molar-refractivity contribution in [2.75, 3.05) is 23.7 Å². The smallest absolute Gasteiger partial charge is 0.242 e. The summed E-state index contributed by atoms with van der Waals surface area (Å²) in [6.45, 7) is 6.12. The molecule has 0 radical (unpaired) electrons. The summed E-state index contributed by atoms with van der Waals surface area (Å²) in [5.41, 5.74) is 2.03. The highest BCUT2D eigenvalue weighted by atomic mass is 79.9. The second kappa shape index (κ2) is 12.6. The summed E-state index contributed by atoms with van der Waals surface area (Å²) >= 11 is 9.62. The number of anilines is 1. The molecule has 0 aliphatic carbocycles.